The number of primary amides is 1. The quantitative estimate of drug-likeness (QED) is 0.714. The van der Waals surface area contributed by atoms with Crippen LogP contribution in [0.5, 0.6) is 0 Å². The van der Waals surface area contributed by atoms with Crippen molar-refractivity contribution in [1.82, 2.24) is 4.98 Å². The molecule has 0 aliphatic rings. The van der Waals surface area contributed by atoms with Crippen molar-refractivity contribution in [2.45, 2.75) is 6.43 Å². The number of nitrogen functional groups attached to an aromatic ring is 1. The predicted molar refractivity (Wildman–Crippen MR) is 42.1 cm³/mol. The number of anilines is 1. The predicted octanol–water partition coefficient (Wildman–Crippen LogP) is 0.700. The molecule has 1 rings (SSSR count). The number of nitrogens with zero attached hydrogens (tertiary/aromatic N) is 1. The fourth-order valence-corrected chi connectivity index (χ4v) is 0.869. The van der Waals surface area contributed by atoms with Gasteiger partial charge in [0.05, 0.1) is 5.56 Å². The Morgan fingerprint density at radius 2 is 2.15 bits per heavy atom. The Labute approximate surface area is 72.6 Å². The summed E-state index contributed by atoms with van der Waals surface area (Å²) >= 11 is 0. The summed E-state index contributed by atoms with van der Waals surface area (Å²) in [5.41, 5.74) is 9.28. The van der Waals surface area contributed by atoms with Crippen molar-refractivity contribution in [2.75, 3.05) is 5.73 Å². The Morgan fingerprint density at radius 1 is 1.54 bits per heavy atom. The number of pyridine rings is 1. The standard InChI is InChI=1S/C7H7F2N3O/c8-6(9)4-2-12-5(10)1-3(4)7(11)13/h1-2,6H,(H2,10,12)(H2,11,13). The summed E-state index contributed by atoms with van der Waals surface area (Å²) < 4.78 is 24.5. The average Bonchev–Trinajstić information content (AvgIpc) is 2.03. The molecule has 0 atom stereocenters. The summed E-state index contributed by atoms with van der Waals surface area (Å²) in [5.74, 6) is -0.956. The Bertz CT molecular complexity index is 341. The second-order valence-electron chi connectivity index (χ2n) is 2.36. The van der Waals surface area contributed by atoms with Gasteiger partial charge in [-0.25, -0.2) is 13.8 Å². The van der Waals surface area contributed by atoms with Crippen LogP contribution in [-0.2, 0) is 0 Å². The summed E-state index contributed by atoms with van der Waals surface area (Å²) in [4.78, 5) is 14.1. The molecule has 0 aromatic carbocycles. The summed E-state index contributed by atoms with van der Waals surface area (Å²) in [7, 11) is 0. The third-order valence-electron chi connectivity index (χ3n) is 1.46. The molecule has 70 valence electrons. The Balaban J connectivity index is 3.27. The van der Waals surface area contributed by atoms with Gasteiger partial charge in [0, 0.05) is 11.8 Å². The third kappa shape index (κ3) is 1.90. The van der Waals surface area contributed by atoms with Gasteiger partial charge in [-0.05, 0) is 6.07 Å². The van der Waals surface area contributed by atoms with Gasteiger partial charge in [-0.15, -0.1) is 0 Å². The lowest BCUT2D eigenvalue weighted by molar-refractivity contribution is 0.0986. The van der Waals surface area contributed by atoms with Gasteiger partial charge in [0.15, 0.2) is 0 Å². The molecule has 0 aliphatic heterocycles. The molecule has 0 unspecified atom stereocenters. The molecule has 1 amide bonds. The highest BCUT2D eigenvalue weighted by molar-refractivity contribution is 5.94. The van der Waals surface area contributed by atoms with Gasteiger partial charge < -0.3 is 11.5 Å². The summed E-state index contributed by atoms with van der Waals surface area (Å²) in [5, 5.41) is 0. The number of nitrogens with two attached hydrogens (primary N) is 2. The number of carbonyl (C=O) groups excluding carboxylic acids is 1. The number of hydrogen-bond acceptors (Lipinski definition) is 3. The van der Waals surface area contributed by atoms with E-state index in [2.05, 4.69) is 4.98 Å². The van der Waals surface area contributed by atoms with E-state index in [9.17, 15) is 13.6 Å². The maximum absolute atomic E-state index is 12.2. The van der Waals surface area contributed by atoms with Crippen LogP contribution in [0.4, 0.5) is 14.6 Å². The number of halogens is 2. The van der Waals surface area contributed by atoms with Crippen LogP contribution in [0.3, 0.4) is 0 Å². The van der Waals surface area contributed by atoms with E-state index in [-0.39, 0.29) is 11.4 Å². The molecule has 0 fully saturated rings. The first-order valence-electron chi connectivity index (χ1n) is 3.35. The second kappa shape index (κ2) is 3.34. The van der Waals surface area contributed by atoms with Crippen LogP contribution in [0.15, 0.2) is 12.3 Å². The summed E-state index contributed by atoms with van der Waals surface area (Å²) in [6.45, 7) is 0. The van der Waals surface area contributed by atoms with Crippen LogP contribution in [-0.4, -0.2) is 10.9 Å². The molecule has 0 saturated carbocycles. The van der Waals surface area contributed by atoms with E-state index in [0.29, 0.717) is 0 Å². The van der Waals surface area contributed by atoms with Crippen LogP contribution in [0.1, 0.15) is 22.3 Å². The maximum Gasteiger partial charge on any atom is 0.266 e. The maximum atomic E-state index is 12.2. The highest BCUT2D eigenvalue weighted by atomic mass is 19.3. The molecule has 1 heterocycles. The molecule has 13 heavy (non-hydrogen) atoms. The number of hydrogen-bond donors (Lipinski definition) is 2. The first kappa shape index (κ1) is 9.37. The van der Waals surface area contributed by atoms with E-state index in [1.807, 2.05) is 0 Å². The van der Waals surface area contributed by atoms with Crippen molar-refractivity contribution in [1.29, 1.82) is 0 Å². The minimum absolute atomic E-state index is 0.0156. The van der Waals surface area contributed by atoms with Crippen molar-refractivity contribution in [3.8, 4) is 0 Å². The lowest BCUT2D eigenvalue weighted by Gasteiger charge is -2.04. The van der Waals surface area contributed by atoms with Crippen molar-refractivity contribution >= 4 is 11.7 Å². The highest BCUT2D eigenvalue weighted by Gasteiger charge is 2.17. The first-order chi connectivity index (χ1) is 6.02. The average molecular weight is 187 g/mol. The van der Waals surface area contributed by atoms with Gasteiger partial charge in [0.2, 0.25) is 5.91 Å². The zero-order chi connectivity index (χ0) is 10.0. The first-order valence-corrected chi connectivity index (χ1v) is 3.35. The molecule has 1 aromatic rings. The Hall–Kier alpha value is -1.72. The Morgan fingerprint density at radius 3 is 2.62 bits per heavy atom. The lowest BCUT2D eigenvalue weighted by Crippen LogP contribution is -2.15. The molecule has 0 radical (unpaired) electrons. The fraction of sp³-hybridized carbons (Fsp3) is 0.143. The van der Waals surface area contributed by atoms with Crippen LogP contribution in [0, 0.1) is 0 Å². The zero-order valence-electron chi connectivity index (χ0n) is 6.50. The van der Waals surface area contributed by atoms with Crippen molar-refractivity contribution in [3.05, 3.63) is 23.4 Å². The monoisotopic (exact) mass is 187 g/mol. The van der Waals surface area contributed by atoms with Crippen LogP contribution in [0.25, 0.3) is 0 Å². The number of amides is 1. The van der Waals surface area contributed by atoms with Crippen molar-refractivity contribution < 1.29 is 13.6 Å². The molecular weight excluding hydrogens is 180 g/mol. The Kier molecular flexibility index (Phi) is 2.41. The van der Waals surface area contributed by atoms with Gasteiger partial charge in [-0.2, -0.15) is 0 Å². The van der Waals surface area contributed by atoms with Crippen LogP contribution in [0.2, 0.25) is 0 Å². The largest absolute Gasteiger partial charge is 0.384 e. The van der Waals surface area contributed by atoms with Gasteiger partial charge >= 0.3 is 0 Å². The SMILES string of the molecule is NC(=O)c1cc(N)ncc1C(F)F. The lowest BCUT2D eigenvalue weighted by atomic mass is 10.1. The summed E-state index contributed by atoms with van der Waals surface area (Å²) in [6.07, 6.45) is -1.93. The third-order valence-corrected chi connectivity index (χ3v) is 1.46. The van der Waals surface area contributed by atoms with Gasteiger partial charge in [0.25, 0.3) is 6.43 Å². The minimum atomic E-state index is -2.78. The van der Waals surface area contributed by atoms with Crippen LogP contribution < -0.4 is 11.5 Å². The fourth-order valence-electron chi connectivity index (χ4n) is 0.869. The molecule has 0 bridgehead atoms. The number of rotatable bonds is 2. The number of alkyl halides is 2. The number of carbonyl (C=O) groups is 1. The second-order valence-corrected chi connectivity index (χ2v) is 2.36. The molecule has 0 aliphatic carbocycles. The molecule has 4 N–H and O–H groups in total. The molecule has 0 saturated heterocycles. The smallest absolute Gasteiger partial charge is 0.266 e. The summed E-state index contributed by atoms with van der Waals surface area (Å²) in [6, 6.07) is 1.03. The normalized spacial score (nSPS) is 10.4. The van der Waals surface area contributed by atoms with Crippen LogP contribution >= 0.6 is 0 Å². The van der Waals surface area contributed by atoms with Crippen molar-refractivity contribution in [3.63, 3.8) is 0 Å². The van der Waals surface area contributed by atoms with E-state index in [0.717, 1.165) is 12.3 Å². The number of aromatic nitrogens is 1. The zero-order valence-corrected chi connectivity index (χ0v) is 6.50. The van der Waals surface area contributed by atoms with E-state index < -0.39 is 17.9 Å². The molecule has 4 nitrogen and oxygen atoms in total. The van der Waals surface area contributed by atoms with Crippen molar-refractivity contribution in [2.24, 2.45) is 5.73 Å². The molecule has 6 heteroatoms. The molecular formula is C7H7F2N3O. The van der Waals surface area contributed by atoms with E-state index in [1.165, 1.54) is 0 Å². The van der Waals surface area contributed by atoms with Gasteiger partial charge in [0.1, 0.15) is 5.82 Å². The van der Waals surface area contributed by atoms with E-state index >= 15 is 0 Å². The van der Waals surface area contributed by atoms with E-state index in [1.54, 1.807) is 0 Å². The van der Waals surface area contributed by atoms with E-state index in [4.69, 9.17) is 11.5 Å². The minimum Gasteiger partial charge on any atom is -0.384 e. The van der Waals surface area contributed by atoms with Gasteiger partial charge in [-0.3, -0.25) is 4.79 Å². The molecule has 0 spiro atoms. The van der Waals surface area contributed by atoms with Gasteiger partial charge in [-0.1, -0.05) is 0 Å². The highest BCUT2D eigenvalue weighted by Crippen LogP contribution is 2.22. The topological polar surface area (TPSA) is 82.0 Å². The molecule has 1 aromatic heterocycles.